The van der Waals surface area contributed by atoms with E-state index in [1.807, 2.05) is 7.05 Å². The Kier molecular flexibility index (Phi) is 4.75. The topological polar surface area (TPSA) is 56.7 Å². The number of rotatable bonds is 5. The number of nitrogens with two attached hydrogens (primary N) is 1. The molecule has 0 aliphatic heterocycles. The first-order valence-corrected chi connectivity index (χ1v) is 7.34. The summed E-state index contributed by atoms with van der Waals surface area (Å²) >= 11 is 0. The number of unbranched alkanes of at least 4 members (excludes halogenated alkanes) is 1. The van der Waals surface area contributed by atoms with Gasteiger partial charge < -0.3 is 10.3 Å². The van der Waals surface area contributed by atoms with Gasteiger partial charge in [-0.2, -0.15) is 0 Å². The van der Waals surface area contributed by atoms with E-state index in [0.29, 0.717) is 12.5 Å². The first kappa shape index (κ1) is 13.5. The summed E-state index contributed by atoms with van der Waals surface area (Å²) in [7, 11) is 2.04. The molecule has 4 nitrogen and oxygen atoms in total. The maximum absolute atomic E-state index is 5.65. The molecule has 2 rings (SSSR count). The summed E-state index contributed by atoms with van der Waals surface area (Å²) in [5, 5.41) is 8.50. The monoisotopic (exact) mass is 250 g/mol. The minimum atomic E-state index is 0.481. The Morgan fingerprint density at radius 3 is 2.50 bits per heavy atom. The molecule has 1 saturated carbocycles. The van der Waals surface area contributed by atoms with Gasteiger partial charge in [0.2, 0.25) is 0 Å². The van der Waals surface area contributed by atoms with E-state index in [2.05, 4.69) is 21.7 Å². The van der Waals surface area contributed by atoms with Crippen molar-refractivity contribution in [3.05, 3.63) is 11.6 Å². The third-order valence-electron chi connectivity index (χ3n) is 4.36. The summed E-state index contributed by atoms with van der Waals surface area (Å²) in [6, 6.07) is 0. The average Bonchev–Trinajstić information content (AvgIpc) is 2.78. The molecule has 0 atom stereocenters. The molecule has 1 aliphatic rings. The van der Waals surface area contributed by atoms with E-state index in [4.69, 9.17) is 5.73 Å². The summed E-state index contributed by atoms with van der Waals surface area (Å²) in [5.74, 6) is 3.59. The van der Waals surface area contributed by atoms with Crippen LogP contribution in [0.1, 0.15) is 69.4 Å². The van der Waals surface area contributed by atoms with Gasteiger partial charge in [0.15, 0.2) is 0 Å². The van der Waals surface area contributed by atoms with Crippen molar-refractivity contribution < 1.29 is 0 Å². The van der Waals surface area contributed by atoms with Crippen molar-refractivity contribution in [1.29, 1.82) is 0 Å². The molecule has 0 spiro atoms. The minimum Gasteiger partial charge on any atom is -0.324 e. The Morgan fingerprint density at radius 1 is 1.22 bits per heavy atom. The zero-order valence-electron chi connectivity index (χ0n) is 11.7. The van der Waals surface area contributed by atoms with Gasteiger partial charge in [0, 0.05) is 13.0 Å². The van der Waals surface area contributed by atoms with E-state index in [-0.39, 0.29) is 0 Å². The molecule has 0 unspecified atom stereocenters. The van der Waals surface area contributed by atoms with Crippen LogP contribution in [0.15, 0.2) is 0 Å². The predicted octanol–water partition coefficient (Wildman–Crippen LogP) is 2.74. The van der Waals surface area contributed by atoms with E-state index < -0.39 is 0 Å². The van der Waals surface area contributed by atoms with Gasteiger partial charge >= 0.3 is 0 Å². The number of nitrogens with zero attached hydrogens (tertiary/aromatic N) is 3. The molecule has 1 fully saturated rings. The molecule has 0 aromatic carbocycles. The number of hydrogen-bond acceptors (Lipinski definition) is 3. The molecule has 0 amide bonds. The molecule has 1 aliphatic carbocycles. The fourth-order valence-corrected chi connectivity index (χ4v) is 3.11. The molecule has 0 bridgehead atoms. The fraction of sp³-hybridized carbons (Fsp3) is 0.857. The Morgan fingerprint density at radius 2 is 1.94 bits per heavy atom. The van der Waals surface area contributed by atoms with Crippen molar-refractivity contribution in [2.75, 3.05) is 0 Å². The van der Waals surface area contributed by atoms with Crippen molar-refractivity contribution >= 4 is 0 Å². The van der Waals surface area contributed by atoms with Crippen LogP contribution in [0.3, 0.4) is 0 Å². The maximum atomic E-state index is 5.65. The Hall–Kier alpha value is -0.900. The van der Waals surface area contributed by atoms with Crippen LogP contribution in [0.5, 0.6) is 0 Å². The Balaban J connectivity index is 1.90. The first-order valence-electron chi connectivity index (χ1n) is 7.34. The van der Waals surface area contributed by atoms with Crippen LogP contribution in [-0.2, 0) is 13.6 Å². The summed E-state index contributed by atoms with van der Waals surface area (Å²) in [6.07, 6.45) is 9.37. The molecule has 18 heavy (non-hydrogen) atoms. The van der Waals surface area contributed by atoms with Gasteiger partial charge in [-0.05, 0) is 31.6 Å². The molecule has 0 saturated heterocycles. The van der Waals surface area contributed by atoms with Crippen molar-refractivity contribution in [2.24, 2.45) is 18.7 Å². The molecular formula is C14H26N4. The largest absolute Gasteiger partial charge is 0.324 e. The van der Waals surface area contributed by atoms with Gasteiger partial charge in [-0.15, -0.1) is 10.2 Å². The maximum Gasteiger partial charge on any atom is 0.146 e. The van der Waals surface area contributed by atoms with E-state index in [9.17, 15) is 0 Å². The normalized spacial score (nSPS) is 24.4. The third-order valence-corrected chi connectivity index (χ3v) is 4.36. The van der Waals surface area contributed by atoms with Crippen molar-refractivity contribution in [2.45, 2.75) is 64.3 Å². The van der Waals surface area contributed by atoms with Crippen LogP contribution in [0, 0.1) is 5.92 Å². The van der Waals surface area contributed by atoms with Crippen LogP contribution in [0.4, 0.5) is 0 Å². The summed E-state index contributed by atoms with van der Waals surface area (Å²) in [5.41, 5.74) is 5.65. The Labute approximate surface area is 110 Å². The minimum absolute atomic E-state index is 0.481. The van der Waals surface area contributed by atoms with E-state index >= 15 is 0 Å². The lowest BCUT2D eigenvalue weighted by atomic mass is 9.79. The molecule has 0 radical (unpaired) electrons. The van der Waals surface area contributed by atoms with Crippen molar-refractivity contribution in [1.82, 2.24) is 14.8 Å². The van der Waals surface area contributed by atoms with Crippen LogP contribution in [0.25, 0.3) is 0 Å². The molecule has 1 aromatic rings. The highest BCUT2D eigenvalue weighted by Crippen LogP contribution is 2.36. The molecule has 4 heteroatoms. The highest BCUT2D eigenvalue weighted by atomic mass is 15.3. The first-order chi connectivity index (χ1) is 8.76. The number of hydrogen-bond donors (Lipinski definition) is 1. The molecule has 102 valence electrons. The van der Waals surface area contributed by atoms with Crippen molar-refractivity contribution in [3.63, 3.8) is 0 Å². The second-order valence-electron chi connectivity index (χ2n) is 5.60. The molecular weight excluding hydrogens is 224 g/mol. The lowest BCUT2D eigenvalue weighted by Crippen LogP contribution is -2.17. The second kappa shape index (κ2) is 6.32. The van der Waals surface area contributed by atoms with Crippen LogP contribution in [-0.4, -0.2) is 14.8 Å². The van der Waals surface area contributed by atoms with Crippen LogP contribution < -0.4 is 5.73 Å². The predicted molar refractivity (Wildman–Crippen MR) is 73.1 cm³/mol. The summed E-state index contributed by atoms with van der Waals surface area (Å²) in [6.45, 7) is 2.76. The van der Waals surface area contributed by atoms with Gasteiger partial charge in [-0.1, -0.05) is 26.2 Å². The lowest BCUT2D eigenvalue weighted by Gasteiger charge is -2.27. The molecule has 2 N–H and O–H groups in total. The Bertz CT molecular complexity index is 364. The fourth-order valence-electron chi connectivity index (χ4n) is 3.11. The van der Waals surface area contributed by atoms with Gasteiger partial charge in [-0.3, -0.25) is 0 Å². The van der Waals surface area contributed by atoms with Crippen molar-refractivity contribution in [3.8, 4) is 0 Å². The van der Waals surface area contributed by atoms with Gasteiger partial charge in [0.1, 0.15) is 11.6 Å². The summed E-state index contributed by atoms with van der Waals surface area (Å²) in [4.78, 5) is 0. The van der Waals surface area contributed by atoms with E-state index in [1.165, 1.54) is 44.9 Å². The quantitative estimate of drug-likeness (QED) is 0.874. The van der Waals surface area contributed by atoms with Gasteiger partial charge in [0.25, 0.3) is 0 Å². The third kappa shape index (κ3) is 2.91. The summed E-state index contributed by atoms with van der Waals surface area (Å²) < 4.78 is 2.09. The SMILES string of the molecule is CCCCC1CCC(c2nnc(CN)n2C)CC1. The van der Waals surface area contributed by atoms with Crippen LogP contribution in [0.2, 0.25) is 0 Å². The smallest absolute Gasteiger partial charge is 0.146 e. The zero-order valence-corrected chi connectivity index (χ0v) is 11.7. The second-order valence-corrected chi connectivity index (χ2v) is 5.60. The zero-order chi connectivity index (χ0) is 13.0. The van der Waals surface area contributed by atoms with Gasteiger partial charge in [0.05, 0.1) is 6.54 Å². The van der Waals surface area contributed by atoms with E-state index in [1.54, 1.807) is 0 Å². The average molecular weight is 250 g/mol. The number of aromatic nitrogens is 3. The highest BCUT2D eigenvalue weighted by Gasteiger charge is 2.25. The standard InChI is InChI=1S/C14H26N4/c1-3-4-5-11-6-8-12(9-7-11)14-17-16-13(10-15)18(14)2/h11-12H,3-10,15H2,1-2H3. The molecule has 1 aromatic heterocycles. The van der Waals surface area contributed by atoms with Crippen LogP contribution >= 0.6 is 0 Å². The van der Waals surface area contributed by atoms with E-state index in [0.717, 1.165) is 17.6 Å². The van der Waals surface area contributed by atoms with Gasteiger partial charge in [-0.25, -0.2) is 0 Å². The lowest BCUT2D eigenvalue weighted by molar-refractivity contribution is 0.295. The molecule has 1 heterocycles. The highest BCUT2D eigenvalue weighted by molar-refractivity contribution is 5.02.